The number of benzene rings is 2. The van der Waals surface area contributed by atoms with Crippen molar-refractivity contribution in [3.63, 3.8) is 0 Å². The van der Waals surface area contributed by atoms with Crippen LogP contribution in [0.15, 0.2) is 42.5 Å². The maximum atomic E-state index is 12.1. The van der Waals surface area contributed by atoms with E-state index in [0.29, 0.717) is 0 Å². The highest BCUT2D eigenvalue weighted by Crippen LogP contribution is 2.18. The van der Waals surface area contributed by atoms with Crippen molar-refractivity contribution < 1.29 is 9.90 Å². The quantitative estimate of drug-likeness (QED) is 0.622. The first-order chi connectivity index (χ1) is 10.9. The van der Waals surface area contributed by atoms with Gasteiger partial charge in [0.25, 0.3) is 0 Å². The van der Waals surface area contributed by atoms with Crippen LogP contribution in [0.4, 0.5) is 10.5 Å². The smallest absolute Gasteiger partial charge is 0.319 e. The largest absolute Gasteiger partial charge is 0.508 e. The fourth-order valence-corrected chi connectivity index (χ4v) is 2.72. The summed E-state index contributed by atoms with van der Waals surface area (Å²) < 4.78 is 1.09. The molecule has 2 aromatic carbocycles. The summed E-state index contributed by atoms with van der Waals surface area (Å²) in [5, 5.41) is 15.1. The summed E-state index contributed by atoms with van der Waals surface area (Å²) in [5.74, 6) is 0.271. The van der Waals surface area contributed by atoms with Crippen LogP contribution in [0.2, 0.25) is 0 Å². The van der Waals surface area contributed by atoms with Crippen LogP contribution in [0.1, 0.15) is 24.5 Å². The minimum Gasteiger partial charge on any atom is -0.508 e. The van der Waals surface area contributed by atoms with E-state index in [4.69, 9.17) is 0 Å². The first-order valence-corrected chi connectivity index (χ1v) is 8.63. The third-order valence-corrected chi connectivity index (χ3v) is 4.30. The number of aryl methyl sites for hydroxylation is 2. The average Bonchev–Trinajstić information content (AvgIpc) is 2.50. The van der Waals surface area contributed by atoms with Gasteiger partial charge in [0.2, 0.25) is 0 Å². The third kappa shape index (κ3) is 5.74. The van der Waals surface area contributed by atoms with Crippen LogP contribution in [-0.4, -0.2) is 17.2 Å². The molecule has 2 rings (SSSR count). The predicted molar refractivity (Wildman–Crippen MR) is 102 cm³/mol. The Bertz CT molecular complexity index is 671. The van der Waals surface area contributed by atoms with Crippen molar-refractivity contribution in [1.82, 2.24) is 5.32 Å². The molecule has 1 atom stereocenters. The number of phenolic OH excluding ortho intramolecular Hbond substituents is 1. The number of amides is 2. The predicted octanol–water partition coefficient (Wildman–Crippen LogP) is 4.45. The van der Waals surface area contributed by atoms with Crippen LogP contribution in [0, 0.1) is 10.5 Å². The zero-order valence-corrected chi connectivity index (χ0v) is 15.4. The Morgan fingerprint density at radius 3 is 2.61 bits per heavy atom. The molecule has 3 N–H and O–H groups in total. The van der Waals surface area contributed by atoms with Gasteiger partial charge in [0, 0.05) is 15.3 Å². The van der Waals surface area contributed by atoms with Gasteiger partial charge < -0.3 is 15.7 Å². The van der Waals surface area contributed by atoms with E-state index in [1.165, 1.54) is 0 Å². The van der Waals surface area contributed by atoms with Gasteiger partial charge in [-0.1, -0.05) is 18.2 Å². The zero-order chi connectivity index (χ0) is 16.8. The Morgan fingerprint density at radius 1 is 1.22 bits per heavy atom. The number of hydrogen-bond donors (Lipinski definition) is 3. The summed E-state index contributed by atoms with van der Waals surface area (Å²) >= 11 is 2.23. The molecule has 23 heavy (non-hydrogen) atoms. The summed E-state index contributed by atoms with van der Waals surface area (Å²) in [7, 11) is 0. The molecule has 0 fully saturated rings. The van der Waals surface area contributed by atoms with Gasteiger partial charge in [0.15, 0.2) is 0 Å². The molecule has 0 spiro atoms. The molecule has 2 amide bonds. The minimum atomic E-state index is -0.187. The zero-order valence-electron chi connectivity index (χ0n) is 13.3. The van der Waals surface area contributed by atoms with Crippen LogP contribution in [0.3, 0.4) is 0 Å². The Balaban J connectivity index is 1.82. The number of anilines is 1. The molecule has 0 aliphatic carbocycles. The highest BCUT2D eigenvalue weighted by atomic mass is 127. The van der Waals surface area contributed by atoms with Crippen molar-refractivity contribution in [2.75, 3.05) is 5.32 Å². The second kappa shape index (κ2) is 8.19. The highest BCUT2D eigenvalue weighted by molar-refractivity contribution is 14.1. The average molecular weight is 424 g/mol. The van der Waals surface area contributed by atoms with Gasteiger partial charge in [-0.3, -0.25) is 0 Å². The lowest BCUT2D eigenvalue weighted by Crippen LogP contribution is -2.36. The summed E-state index contributed by atoms with van der Waals surface area (Å²) in [4.78, 5) is 12.1. The fourth-order valence-electron chi connectivity index (χ4n) is 2.23. The fraction of sp³-hybridized carbons (Fsp3) is 0.278. The first-order valence-electron chi connectivity index (χ1n) is 7.55. The SMILES string of the molecule is Cc1ccc(I)cc1NC(=O)NC(C)CCc1ccc(O)cc1. The number of nitrogens with one attached hydrogen (secondary N) is 2. The molecule has 4 nitrogen and oxygen atoms in total. The second-order valence-corrected chi connectivity index (χ2v) is 6.91. The lowest BCUT2D eigenvalue weighted by Gasteiger charge is -2.16. The van der Waals surface area contributed by atoms with Gasteiger partial charge in [0.1, 0.15) is 5.75 Å². The van der Waals surface area contributed by atoms with Gasteiger partial charge in [-0.2, -0.15) is 0 Å². The Morgan fingerprint density at radius 2 is 1.91 bits per heavy atom. The lowest BCUT2D eigenvalue weighted by molar-refractivity contribution is 0.248. The molecule has 0 saturated heterocycles. The number of aromatic hydroxyl groups is 1. The number of rotatable bonds is 5. The molecule has 0 saturated carbocycles. The molecule has 0 radical (unpaired) electrons. The van der Waals surface area contributed by atoms with E-state index in [0.717, 1.165) is 33.2 Å². The Kier molecular flexibility index (Phi) is 6.27. The molecule has 0 heterocycles. The van der Waals surface area contributed by atoms with Gasteiger partial charge in [-0.15, -0.1) is 0 Å². The second-order valence-electron chi connectivity index (χ2n) is 5.66. The molecule has 0 bridgehead atoms. The first kappa shape index (κ1) is 17.6. The van der Waals surface area contributed by atoms with Crippen LogP contribution in [0.25, 0.3) is 0 Å². The van der Waals surface area contributed by atoms with Crippen molar-refractivity contribution in [2.45, 2.75) is 32.7 Å². The minimum absolute atomic E-state index is 0.0619. The van der Waals surface area contributed by atoms with Gasteiger partial charge >= 0.3 is 6.03 Å². The van der Waals surface area contributed by atoms with Crippen LogP contribution >= 0.6 is 22.6 Å². The molecule has 5 heteroatoms. The Labute approximate surface area is 150 Å². The summed E-state index contributed by atoms with van der Waals surface area (Å²) in [6.07, 6.45) is 1.69. The monoisotopic (exact) mass is 424 g/mol. The van der Waals surface area contributed by atoms with Gasteiger partial charge in [-0.05, 0) is 84.7 Å². The van der Waals surface area contributed by atoms with Crippen molar-refractivity contribution in [3.05, 3.63) is 57.2 Å². The number of carbonyl (C=O) groups excluding carboxylic acids is 1. The molecule has 0 aromatic heterocycles. The summed E-state index contributed by atoms with van der Waals surface area (Å²) in [5.41, 5.74) is 3.02. The van der Waals surface area contributed by atoms with Crippen LogP contribution in [-0.2, 0) is 6.42 Å². The molecule has 2 aromatic rings. The third-order valence-electron chi connectivity index (χ3n) is 3.63. The standard InChI is InChI=1S/C18H21IN2O2/c1-12-3-8-15(19)11-17(12)21-18(23)20-13(2)4-5-14-6-9-16(22)10-7-14/h3,6-11,13,22H,4-5H2,1-2H3,(H2,20,21,23). The van der Waals surface area contributed by atoms with Crippen molar-refractivity contribution >= 4 is 34.3 Å². The highest BCUT2D eigenvalue weighted by Gasteiger charge is 2.09. The van der Waals surface area contributed by atoms with E-state index in [9.17, 15) is 9.90 Å². The number of halogens is 1. The van der Waals surface area contributed by atoms with Crippen molar-refractivity contribution in [3.8, 4) is 5.75 Å². The van der Waals surface area contributed by atoms with Gasteiger partial charge in [-0.25, -0.2) is 4.79 Å². The van der Waals surface area contributed by atoms with E-state index in [2.05, 4.69) is 33.2 Å². The van der Waals surface area contributed by atoms with E-state index in [-0.39, 0.29) is 17.8 Å². The van der Waals surface area contributed by atoms with E-state index in [1.54, 1.807) is 12.1 Å². The van der Waals surface area contributed by atoms with E-state index >= 15 is 0 Å². The molecule has 0 aliphatic rings. The molecular formula is C18H21IN2O2. The van der Waals surface area contributed by atoms with Crippen molar-refractivity contribution in [2.24, 2.45) is 0 Å². The van der Waals surface area contributed by atoms with Gasteiger partial charge in [0.05, 0.1) is 0 Å². The van der Waals surface area contributed by atoms with E-state index < -0.39 is 0 Å². The van der Waals surface area contributed by atoms with Crippen LogP contribution < -0.4 is 10.6 Å². The molecule has 1 unspecified atom stereocenters. The summed E-state index contributed by atoms with van der Waals surface area (Å²) in [6, 6.07) is 13.0. The summed E-state index contributed by atoms with van der Waals surface area (Å²) in [6.45, 7) is 3.96. The Hall–Kier alpha value is -1.76. The maximum absolute atomic E-state index is 12.1. The normalized spacial score (nSPS) is 11.8. The topological polar surface area (TPSA) is 61.4 Å². The number of urea groups is 1. The van der Waals surface area contributed by atoms with E-state index in [1.807, 2.05) is 44.2 Å². The number of phenols is 1. The molecule has 0 aliphatic heterocycles. The molecule has 122 valence electrons. The number of hydrogen-bond acceptors (Lipinski definition) is 2. The van der Waals surface area contributed by atoms with Crippen molar-refractivity contribution in [1.29, 1.82) is 0 Å². The lowest BCUT2D eigenvalue weighted by atomic mass is 10.1. The number of carbonyl (C=O) groups is 1. The maximum Gasteiger partial charge on any atom is 0.319 e. The van der Waals surface area contributed by atoms with Crippen LogP contribution in [0.5, 0.6) is 5.75 Å². The molecular weight excluding hydrogens is 403 g/mol.